The molecule has 0 N–H and O–H groups in total. The van der Waals surface area contributed by atoms with Crippen molar-refractivity contribution in [2.75, 3.05) is 0 Å². The van der Waals surface area contributed by atoms with Crippen LogP contribution >= 0.6 is 0 Å². The summed E-state index contributed by atoms with van der Waals surface area (Å²) in [5.74, 6) is 0. The van der Waals surface area contributed by atoms with Gasteiger partial charge in [0.05, 0.1) is 0 Å². The second-order valence-corrected chi connectivity index (χ2v) is 9.86. The quantitative estimate of drug-likeness (QED) is 0.524. The van der Waals surface area contributed by atoms with Gasteiger partial charge in [-0.05, 0) is 17.6 Å². The molecule has 15 heavy (non-hydrogen) atoms. The third-order valence-electron chi connectivity index (χ3n) is 2.78. The lowest BCUT2D eigenvalue weighted by atomic mass is 10.5. The summed E-state index contributed by atoms with van der Waals surface area (Å²) >= 11 is 0. The number of hydrogen-bond acceptors (Lipinski definition) is 1. The van der Waals surface area contributed by atoms with Crippen molar-refractivity contribution in [2.24, 2.45) is 0 Å². The molecule has 0 rings (SSSR count). The molecule has 0 aromatic heterocycles. The van der Waals surface area contributed by atoms with Crippen molar-refractivity contribution in [3.63, 3.8) is 0 Å². The van der Waals surface area contributed by atoms with E-state index in [-0.39, 0.29) is 11.6 Å². The molecule has 0 saturated carbocycles. The maximum absolute atomic E-state index is 12.2. The Labute approximate surface area is 93.4 Å². The van der Waals surface area contributed by atoms with E-state index in [1.807, 2.05) is 13.8 Å². The molecular weight excluding hydrogens is 237 g/mol. The maximum atomic E-state index is 12.2. The first kappa shape index (κ1) is 14.9. The van der Waals surface area contributed by atoms with Gasteiger partial charge in [0.2, 0.25) is 0 Å². The Morgan fingerprint density at radius 1 is 1.47 bits per heavy atom. The molecule has 0 bridgehead atoms. The van der Waals surface area contributed by atoms with E-state index in [2.05, 4.69) is 6.58 Å². The van der Waals surface area contributed by atoms with E-state index in [4.69, 9.17) is 4.12 Å². The fourth-order valence-electron chi connectivity index (χ4n) is 1.65. The van der Waals surface area contributed by atoms with E-state index in [0.29, 0.717) is 16.5 Å². The van der Waals surface area contributed by atoms with E-state index in [9.17, 15) is 13.2 Å². The topological polar surface area (TPSA) is 9.23 Å². The Morgan fingerprint density at radius 2 is 2.00 bits per heavy atom. The largest absolute Gasteiger partial charge is 0.463 e. The van der Waals surface area contributed by atoms with Crippen LogP contribution in [0.15, 0.2) is 12.7 Å². The van der Waals surface area contributed by atoms with Crippen LogP contribution in [0.4, 0.5) is 13.2 Å². The second-order valence-electron chi connectivity index (χ2n) is 4.03. The van der Waals surface area contributed by atoms with Crippen molar-refractivity contribution in [3.8, 4) is 0 Å². The van der Waals surface area contributed by atoms with Crippen LogP contribution in [0.2, 0.25) is 17.6 Å². The summed E-state index contributed by atoms with van der Waals surface area (Å²) in [6.45, 7) is 7.51. The summed E-state index contributed by atoms with van der Waals surface area (Å²) in [5.41, 5.74) is 0.204. The lowest BCUT2D eigenvalue weighted by Gasteiger charge is -2.33. The zero-order valence-electron chi connectivity index (χ0n) is 9.53. The van der Waals surface area contributed by atoms with Crippen LogP contribution in [0.25, 0.3) is 0 Å². The lowest BCUT2D eigenvalue weighted by molar-refractivity contribution is -0.131. The summed E-state index contributed by atoms with van der Waals surface area (Å²) in [5, 5.41) is 0. The van der Waals surface area contributed by atoms with Gasteiger partial charge < -0.3 is 4.12 Å². The van der Waals surface area contributed by atoms with Crippen molar-refractivity contribution in [2.45, 2.75) is 44.1 Å². The Kier molecular flexibility index (Phi) is 5.83. The van der Waals surface area contributed by atoms with Crippen LogP contribution < -0.4 is 0 Å². The van der Waals surface area contributed by atoms with Crippen molar-refractivity contribution < 1.29 is 17.3 Å². The van der Waals surface area contributed by atoms with Gasteiger partial charge >= 0.3 is 6.18 Å². The molecular formula is C9H19F3OSi2. The molecule has 0 aromatic carbocycles. The normalized spacial score (nSPS) is 16.7. The molecule has 0 spiro atoms. The van der Waals surface area contributed by atoms with Gasteiger partial charge in [-0.2, -0.15) is 13.2 Å². The summed E-state index contributed by atoms with van der Waals surface area (Å²) in [4.78, 5) is 0. The molecule has 0 aliphatic carbocycles. The van der Waals surface area contributed by atoms with Crippen LogP contribution in [-0.2, 0) is 4.12 Å². The van der Waals surface area contributed by atoms with Crippen LogP contribution in [0, 0.1) is 0 Å². The summed E-state index contributed by atoms with van der Waals surface area (Å²) in [6, 6.07) is 0.772. The molecule has 0 aliphatic rings. The zero-order chi connectivity index (χ0) is 12.1. The van der Waals surface area contributed by atoms with E-state index in [1.54, 1.807) is 6.08 Å². The van der Waals surface area contributed by atoms with Gasteiger partial charge in [-0.15, -0.1) is 6.58 Å². The Balaban J connectivity index is 4.55. The first-order valence-electron chi connectivity index (χ1n) is 5.00. The average Bonchev–Trinajstić information content (AvgIpc) is 2.10. The standard InChI is InChI=1S/C9H19F3OSi2/c1-4-6-15(13-14,8(2)3)7-5-9(10,11)12/h4,8H,1,5-7H2,2-3,14H3. The highest BCUT2D eigenvalue weighted by Gasteiger charge is 2.40. The average molecular weight is 256 g/mol. The van der Waals surface area contributed by atoms with E-state index >= 15 is 0 Å². The minimum Gasteiger partial charge on any atom is -0.463 e. The fourth-order valence-corrected chi connectivity index (χ4v) is 7.46. The van der Waals surface area contributed by atoms with Gasteiger partial charge in [0.25, 0.3) is 0 Å². The zero-order valence-corrected chi connectivity index (χ0v) is 12.5. The minimum absolute atomic E-state index is 0.156. The molecule has 0 aromatic rings. The van der Waals surface area contributed by atoms with Crippen LogP contribution in [0.3, 0.4) is 0 Å². The molecule has 1 unspecified atom stereocenters. The van der Waals surface area contributed by atoms with Gasteiger partial charge in [-0.1, -0.05) is 19.9 Å². The Morgan fingerprint density at radius 3 is 2.27 bits per heavy atom. The number of rotatable bonds is 6. The maximum Gasteiger partial charge on any atom is 0.388 e. The summed E-state index contributed by atoms with van der Waals surface area (Å²) in [7, 11) is -1.73. The minimum atomic E-state index is -4.08. The smallest absolute Gasteiger partial charge is 0.388 e. The molecule has 0 heterocycles. The highest BCUT2D eigenvalue weighted by molar-refractivity contribution is 6.77. The molecule has 1 nitrogen and oxygen atoms in total. The second kappa shape index (κ2) is 5.86. The highest BCUT2D eigenvalue weighted by atomic mass is 28.4. The molecule has 0 fully saturated rings. The highest BCUT2D eigenvalue weighted by Crippen LogP contribution is 2.35. The van der Waals surface area contributed by atoms with Crippen LogP contribution in [-0.4, -0.2) is 25.0 Å². The molecule has 1 atom stereocenters. The van der Waals surface area contributed by atoms with Crippen molar-refractivity contribution in [1.82, 2.24) is 0 Å². The predicted octanol–water partition coefficient (Wildman–Crippen LogP) is 2.78. The number of allylic oxidation sites excluding steroid dienone is 1. The van der Waals surface area contributed by atoms with Gasteiger partial charge in [-0.3, -0.25) is 0 Å². The number of halogens is 3. The van der Waals surface area contributed by atoms with Gasteiger partial charge in [0, 0.05) is 6.42 Å². The van der Waals surface area contributed by atoms with Gasteiger partial charge in [0.1, 0.15) is 10.5 Å². The van der Waals surface area contributed by atoms with Crippen LogP contribution in [0.5, 0.6) is 0 Å². The molecule has 0 aliphatic heterocycles. The van der Waals surface area contributed by atoms with E-state index in [0.717, 1.165) is 0 Å². The molecule has 0 saturated heterocycles. The third kappa shape index (κ3) is 4.99. The molecule has 6 heteroatoms. The molecule has 0 radical (unpaired) electrons. The van der Waals surface area contributed by atoms with Crippen molar-refractivity contribution in [1.29, 1.82) is 0 Å². The molecule has 0 amide bonds. The number of alkyl halides is 3. The van der Waals surface area contributed by atoms with Crippen molar-refractivity contribution >= 4 is 18.8 Å². The predicted molar refractivity (Wildman–Crippen MR) is 62.4 cm³/mol. The summed E-state index contributed by atoms with van der Waals surface area (Å²) < 4.78 is 42.1. The Hall–Kier alpha value is -0.0762. The van der Waals surface area contributed by atoms with Gasteiger partial charge in [0.15, 0.2) is 8.32 Å². The number of hydrogen-bond donors (Lipinski definition) is 0. The fraction of sp³-hybridized carbons (Fsp3) is 0.778. The molecule has 90 valence electrons. The third-order valence-corrected chi connectivity index (χ3v) is 10.2. The van der Waals surface area contributed by atoms with Gasteiger partial charge in [-0.25, -0.2) is 0 Å². The summed E-state index contributed by atoms with van der Waals surface area (Å²) in [6.07, 6.45) is -3.11. The van der Waals surface area contributed by atoms with E-state index < -0.39 is 20.9 Å². The Bertz CT molecular complexity index is 206. The van der Waals surface area contributed by atoms with Crippen molar-refractivity contribution in [3.05, 3.63) is 12.7 Å². The lowest BCUT2D eigenvalue weighted by Crippen LogP contribution is -2.41. The van der Waals surface area contributed by atoms with E-state index in [1.165, 1.54) is 0 Å². The first-order chi connectivity index (χ1) is 6.77. The van der Waals surface area contributed by atoms with Crippen LogP contribution in [0.1, 0.15) is 20.3 Å². The first-order valence-corrected chi connectivity index (χ1v) is 8.22. The monoisotopic (exact) mass is 256 g/mol. The SMILES string of the molecule is C=CC[Si](CCC(F)(F)F)(O[SiH3])C(C)C.